The molecule has 2 rings (SSSR count). The Bertz CT molecular complexity index is 547. The first-order chi connectivity index (χ1) is 7.79. The molecule has 16 heavy (non-hydrogen) atoms. The summed E-state index contributed by atoms with van der Waals surface area (Å²) in [6.45, 7) is 1.87. The number of rotatable bonds is 2. The van der Waals surface area contributed by atoms with E-state index < -0.39 is 0 Å². The van der Waals surface area contributed by atoms with Gasteiger partial charge in [-0.1, -0.05) is 6.07 Å². The Morgan fingerprint density at radius 2 is 2.25 bits per heavy atom. The first-order valence-corrected chi connectivity index (χ1v) is 4.89. The number of hydrogen-bond acceptors (Lipinski definition) is 3. The molecule has 0 saturated heterocycles. The zero-order chi connectivity index (χ0) is 11.4. The standard InChI is InChI=1S/C13H10N2O/c1-10-5-6-12(16-10)8-11(9-14)13-4-2-3-7-15-13/h2-8H,1H3/b11-8-. The van der Waals surface area contributed by atoms with Crippen LogP contribution in [0.1, 0.15) is 17.2 Å². The molecule has 0 radical (unpaired) electrons. The molecule has 0 spiro atoms. The van der Waals surface area contributed by atoms with E-state index in [-0.39, 0.29) is 0 Å². The quantitative estimate of drug-likeness (QED) is 0.716. The molecule has 0 unspecified atom stereocenters. The molecule has 0 aliphatic heterocycles. The minimum Gasteiger partial charge on any atom is -0.462 e. The summed E-state index contributed by atoms with van der Waals surface area (Å²) in [7, 11) is 0. The average molecular weight is 210 g/mol. The lowest BCUT2D eigenvalue weighted by molar-refractivity contribution is 0.525. The minimum atomic E-state index is 0.495. The predicted octanol–water partition coefficient (Wildman–Crippen LogP) is 3.05. The Hall–Kier alpha value is -2.34. The molecular formula is C13H10N2O. The molecular weight excluding hydrogens is 200 g/mol. The van der Waals surface area contributed by atoms with Crippen LogP contribution in [0, 0.1) is 18.3 Å². The largest absolute Gasteiger partial charge is 0.462 e. The smallest absolute Gasteiger partial charge is 0.128 e. The van der Waals surface area contributed by atoms with Crippen molar-refractivity contribution in [1.29, 1.82) is 5.26 Å². The van der Waals surface area contributed by atoms with Gasteiger partial charge in [-0.15, -0.1) is 0 Å². The fourth-order valence-electron chi connectivity index (χ4n) is 1.36. The zero-order valence-corrected chi connectivity index (χ0v) is 8.84. The van der Waals surface area contributed by atoms with Crippen molar-refractivity contribution in [1.82, 2.24) is 4.98 Å². The molecule has 3 heteroatoms. The van der Waals surface area contributed by atoms with Crippen LogP contribution in [-0.4, -0.2) is 4.98 Å². The van der Waals surface area contributed by atoms with Gasteiger partial charge in [0.15, 0.2) is 0 Å². The lowest BCUT2D eigenvalue weighted by Gasteiger charge is -1.95. The number of hydrogen-bond donors (Lipinski definition) is 0. The molecule has 0 bridgehead atoms. The molecule has 0 aliphatic carbocycles. The molecule has 0 N–H and O–H groups in total. The summed E-state index contributed by atoms with van der Waals surface area (Å²) >= 11 is 0. The van der Waals surface area contributed by atoms with Crippen molar-refractivity contribution in [3.8, 4) is 6.07 Å². The second kappa shape index (κ2) is 4.45. The van der Waals surface area contributed by atoms with E-state index in [1.165, 1.54) is 0 Å². The van der Waals surface area contributed by atoms with Gasteiger partial charge in [0.1, 0.15) is 17.6 Å². The Balaban J connectivity index is 2.38. The van der Waals surface area contributed by atoms with Crippen LogP contribution in [0.15, 0.2) is 40.9 Å². The van der Waals surface area contributed by atoms with Crippen LogP contribution < -0.4 is 0 Å². The third-order valence-electron chi connectivity index (χ3n) is 2.11. The van der Waals surface area contributed by atoms with Gasteiger partial charge in [0.2, 0.25) is 0 Å². The summed E-state index contributed by atoms with van der Waals surface area (Å²) in [5, 5.41) is 9.05. The van der Waals surface area contributed by atoms with Gasteiger partial charge in [-0.2, -0.15) is 5.26 Å². The van der Waals surface area contributed by atoms with E-state index in [0.29, 0.717) is 17.0 Å². The van der Waals surface area contributed by atoms with E-state index >= 15 is 0 Å². The Kier molecular flexibility index (Phi) is 2.84. The van der Waals surface area contributed by atoms with Gasteiger partial charge in [0.25, 0.3) is 0 Å². The van der Waals surface area contributed by atoms with E-state index in [4.69, 9.17) is 9.68 Å². The van der Waals surface area contributed by atoms with Crippen molar-refractivity contribution >= 4 is 11.6 Å². The van der Waals surface area contributed by atoms with E-state index in [1.54, 1.807) is 18.3 Å². The van der Waals surface area contributed by atoms with Crippen LogP contribution in [-0.2, 0) is 0 Å². The Labute approximate surface area is 93.7 Å². The van der Waals surface area contributed by atoms with Crippen molar-refractivity contribution in [2.45, 2.75) is 6.92 Å². The maximum atomic E-state index is 9.05. The van der Waals surface area contributed by atoms with Crippen molar-refractivity contribution in [3.05, 3.63) is 53.7 Å². The van der Waals surface area contributed by atoms with Gasteiger partial charge in [0, 0.05) is 12.3 Å². The SMILES string of the molecule is Cc1ccc(/C=C(/C#N)c2ccccn2)o1. The van der Waals surface area contributed by atoms with Gasteiger partial charge < -0.3 is 4.42 Å². The first kappa shape index (κ1) is 10.2. The molecule has 78 valence electrons. The third kappa shape index (κ3) is 2.18. The van der Waals surface area contributed by atoms with Crippen LogP contribution in [0.3, 0.4) is 0 Å². The van der Waals surface area contributed by atoms with E-state index in [1.807, 2.05) is 31.2 Å². The lowest BCUT2D eigenvalue weighted by atomic mass is 10.1. The number of allylic oxidation sites excluding steroid dienone is 1. The van der Waals surface area contributed by atoms with Gasteiger partial charge in [0.05, 0.1) is 11.3 Å². The molecule has 0 amide bonds. The number of nitrogens with zero attached hydrogens (tertiary/aromatic N) is 2. The maximum absolute atomic E-state index is 9.05. The molecule has 2 aromatic rings. The zero-order valence-electron chi connectivity index (χ0n) is 8.84. The van der Waals surface area contributed by atoms with Crippen LogP contribution in [0.4, 0.5) is 0 Å². The van der Waals surface area contributed by atoms with Crippen molar-refractivity contribution in [2.24, 2.45) is 0 Å². The first-order valence-electron chi connectivity index (χ1n) is 4.89. The van der Waals surface area contributed by atoms with E-state index in [9.17, 15) is 0 Å². The molecule has 0 saturated carbocycles. The minimum absolute atomic E-state index is 0.495. The Morgan fingerprint density at radius 3 is 2.81 bits per heavy atom. The second-order valence-corrected chi connectivity index (χ2v) is 3.33. The van der Waals surface area contributed by atoms with Gasteiger partial charge in [-0.25, -0.2) is 0 Å². The summed E-state index contributed by atoms with van der Waals surface area (Å²) in [6.07, 6.45) is 3.35. The molecule has 2 heterocycles. The van der Waals surface area contributed by atoms with Crippen molar-refractivity contribution in [3.63, 3.8) is 0 Å². The van der Waals surface area contributed by atoms with E-state index in [0.717, 1.165) is 5.76 Å². The van der Waals surface area contributed by atoms with Crippen molar-refractivity contribution < 1.29 is 4.42 Å². The monoisotopic (exact) mass is 210 g/mol. The number of pyridine rings is 1. The normalized spacial score (nSPS) is 11.1. The van der Waals surface area contributed by atoms with Crippen LogP contribution in [0.5, 0.6) is 0 Å². The average Bonchev–Trinajstić information content (AvgIpc) is 2.73. The van der Waals surface area contributed by atoms with Crippen molar-refractivity contribution in [2.75, 3.05) is 0 Å². The van der Waals surface area contributed by atoms with Crippen LogP contribution in [0.25, 0.3) is 11.6 Å². The summed E-state index contributed by atoms with van der Waals surface area (Å²) < 4.78 is 5.38. The lowest BCUT2D eigenvalue weighted by Crippen LogP contribution is -1.84. The number of nitriles is 1. The number of furan rings is 1. The van der Waals surface area contributed by atoms with Crippen LogP contribution in [0.2, 0.25) is 0 Å². The number of aryl methyl sites for hydroxylation is 1. The van der Waals surface area contributed by atoms with Gasteiger partial charge in [-0.3, -0.25) is 4.98 Å². The highest BCUT2D eigenvalue weighted by Gasteiger charge is 2.03. The maximum Gasteiger partial charge on any atom is 0.128 e. The number of aromatic nitrogens is 1. The highest BCUT2D eigenvalue weighted by molar-refractivity contribution is 5.87. The molecule has 3 nitrogen and oxygen atoms in total. The summed E-state index contributed by atoms with van der Waals surface area (Å²) in [5.74, 6) is 1.49. The molecule has 0 aromatic carbocycles. The predicted molar refractivity (Wildman–Crippen MR) is 61.2 cm³/mol. The van der Waals surface area contributed by atoms with Crippen LogP contribution >= 0.6 is 0 Å². The van der Waals surface area contributed by atoms with E-state index in [2.05, 4.69) is 11.1 Å². The molecule has 0 fully saturated rings. The highest BCUT2D eigenvalue weighted by atomic mass is 16.3. The van der Waals surface area contributed by atoms with Gasteiger partial charge >= 0.3 is 0 Å². The van der Waals surface area contributed by atoms with Gasteiger partial charge in [-0.05, 0) is 31.2 Å². The second-order valence-electron chi connectivity index (χ2n) is 3.33. The molecule has 0 atom stereocenters. The Morgan fingerprint density at radius 1 is 1.38 bits per heavy atom. The highest BCUT2D eigenvalue weighted by Crippen LogP contribution is 2.16. The topological polar surface area (TPSA) is 49.8 Å². The summed E-state index contributed by atoms with van der Waals surface area (Å²) in [6, 6.07) is 11.3. The molecule has 2 aromatic heterocycles. The third-order valence-corrected chi connectivity index (χ3v) is 2.11. The fourth-order valence-corrected chi connectivity index (χ4v) is 1.36. The molecule has 0 aliphatic rings. The summed E-state index contributed by atoms with van der Waals surface area (Å²) in [4.78, 5) is 4.12. The fraction of sp³-hybridized carbons (Fsp3) is 0.0769. The summed E-state index contributed by atoms with van der Waals surface area (Å²) in [5.41, 5.74) is 1.15.